The first-order chi connectivity index (χ1) is 8.14. The Morgan fingerprint density at radius 1 is 1.41 bits per heavy atom. The maximum Gasteiger partial charge on any atom is 0.129 e. The van der Waals surface area contributed by atoms with E-state index in [2.05, 4.69) is 13.8 Å². The number of hydrogen-bond acceptors (Lipinski definition) is 3. The Hall–Kier alpha value is -1.22. The van der Waals surface area contributed by atoms with Crippen LogP contribution in [-0.2, 0) is 0 Å². The highest BCUT2D eigenvalue weighted by molar-refractivity contribution is 5.44. The first kappa shape index (κ1) is 12.2. The molecule has 0 spiro atoms. The zero-order valence-electron chi connectivity index (χ0n) is 10.7. The monoisotopic (exact) mass is 236 g/mol. The maximum atomic E-state index is 10.2. The van der Waals surface area contributed by atoms with E-state index >= 15 is 0 Å². The molecule has 17 heavy (non-hydrogen) atoms. The SMILES string of the molecule is CCC1(CC)C[C@H](O)c2ccc(OC)cc2O1. The molecule has 0 saturated carbocycles. The summed E-state index contributed by atoms with van der Waals surface area (Å²) < 4.78 is 11.3. The van der Waals surface area contributed by atoms with Gasteiger partial charge in [-0.1, -0.05) is 13.8 Å². The van der Waals surface area contributed by atoms with E-state index in [4.69, 9.17) is 9.47 Å². The number of hydrogen-bond donors (Lipinski definition) is 1. The van der Waals surface area contributed by atoms with Crippen molar-refractivity contribution in [2.75, 3.05) is 7.11 Å². The number of rotatable bonds is 3. The molecular weight excluding hydrogens is 216 g/mol. The molecule has 1 aliphatic heterocycles. The van der Waals surface area contributed by atoms with E-state index in [1.54, 1.807) is 7.11 Å². The van der Waals surface area contributed by atoms with Crippen LogP contribution < -0.4 is 9.47 Å². The second-order valence-electron chi connectivity index (χ2n) is 4.62. The number of methoxy groups -OCH3 is 1. The lowest BCUT2D eigenvalue weighted by molar-refractivity contribution is -0.0197. The van der Waals surface area contributed by atoms with Gasteiger partial charge >= 0.3 is 0 Å². The van der Waals surface area contributed by atoms with E-state index in [9.17, 15) is 5.11 Å². The van der Waals surface area contributed by atoms with E-state index in [1.165, 1.54) is 0 Å². The lowest BCUT2D eigenvalue weighted by atomic mass is 9.85. The average Bonchev–Trinajstić information content (AvgIpc) is 2.37. The summed E-state index contributed by atoms with van der Waals surface area (Å²) >= 11 is 0. The van der Waals surface area contributed by atoms with Crippen LogP contribution in [0.25, 0.3) is 0 Å². The summed E-state index contributed by atoms with van der Waals surface area (Å²) in [6.07, 6.45) is 2.03. The number of aliphatic hydroxyl groups is 1. The van der Waals surface area contributed by atoms with Gasteiger partial charge in [-0.05, 0) is 25.0 Å². The van der Waals surface area contributed by atoms with E-state index < -0.39 is 6.10 Å². The highest BCUT2D eigenvalue weighted by Crippen LogP contribution is 2.43. The second kappa shape index (κ2) is 4.57. The van der Waals surface area contributed by atoms with Crippen LogP contribution in [0.1, 0.15) is 44.8 Å². The second-order valence-corrected chi connectivity index (χ2v) is 4.62. The molecule has 2 rings (SSSR count). The molecule has 3 heteroatoms. The lowest BCUT2D eigenvalue weighted by Gasteiger charge is -2.39. The molecule has 94 valence electrons. The zero-order valence-corrected chi connectivity index (χ0v) is 10.7. The van der Waals surface area contributed by atoms with Crippen molar-refractivity contribution < 1.29 is 14.6 Å². The third-order valence-electron chi connectivity index (χ3n) is 3.76. The summed E-state index contributed by atoms with van der Waals surface area (Å²) in [5.74, 6) is 1.52. The predicted octanol–water partition coefficient (Wildman–Crippen LogP) is 3.07. The first-order valence-corrected chi connectivity index (χ1v) is 6.19. The molecule has 1 aromatic carbocycles. The van der Waals surface area contributed by atoms with Crippen molar-refractivity contribution in [3.63, 3.8) is 0 Å². The summed E-state index contributed by atoms with van der Waals surface area (Å²) in [5.41, 5.74) is 0.627. The molecule has 1 aliphatic rings. The summed E-state index contributed by atoms with van der Waals surface area (Å²) in [6, 6.07) is 5.60. The Morgan fingerprint density at radius 3 is 2.71 bits per heavy atom. The van der Waals surface area contributed by atoms with Crippen molar-refractivity contribution in [2.45, 2.75) is 44.8 Å². The van der Waals surface area contributed by atoms with Crippen molar-refractivity contribution in [1.29, 1.82) is 0 Å². The molecule has 0 fully saturated rings. The van der Waals surface area contributed by atoms with Gasteiger partial charge in [-0.3, -0.25) is 0 Å². The quantitative estimate of drug-likeness (QED) is 0.876. The Kier molecular flexibility index (Phi) is 3.29. The third kappa shape index (κ3) is 2.12. The molecule has 0 aliphatic carbocycles. The Balaban J connectivity index is 2.39. The molecular formula is C14H20O3. The van der Waals surface area contributed by atoms with Gasteiger partial charge in [-0.2, -0.15) is 0 Å². The molecule has 0 amide bonds. The highest BCUT2D eigenvalue weighted by atomic mass is 16.5. The zero-order chi connectivity index (χ0) is 12.5. The topological polar surface area (TPSA) is 38.7 Å². The van der Waals surface area contributed by atoms with Gasteiger partial charge in [0.2, 0.25) is 0 Å². The van der Waals surface area contributed by atoms with Crippen LogP contribution >= 0.6 is 0 Å². The van der Waals surface area contributed by atoms with Crippen molar-refractivity contribution >= 4 is 0 Å². The molecule has 0 unspecified atom stereocenters. The molecule has 1 aromatic rings. The molecule has 0 bridgehead atoms. The van der Waals surface area contributed by atoms with Crippen LogP contribution in [0.3, 0.4) is 0 Å². The van der Waals surface area contributed by atoms with E-state index in [0.717, 1.165) is 29.9 Å². The number of benzene rings is 1. The molecule has 1 atom stereocenters. The molecule has 0 aromatic heterocycles. The first-order valence-electron chi connectivity index (χ1n) is 6.19. The third-order valence-corrected chi connectivity index (χ3v) is 3.76. The van der Waals surface area contributed by atoms with Gasteiger partial charge in [0.1, 0.15) is 17.1 Å². The van der Waals surface area contributed by atoms with Crippen LogP contribution in [0.4, 0.5) is 0 Å². The van der Waals surface area contributed by atoms with Crippen LogP contribution in [0.15, 0.2) is 18.2 Å². The molecule has 1 N–H and O–H groups in total. The van der Waals surface area contributed by atoms with E-state index in [0.29, 0.717) is 6.42 Å². The van der Waals surface area contributed by atoms with Gasteiger partial charge in [-0.15, -0.1) is 0 Å². The minimum Gasteiger partial charge on any atom is -0.497 e. The predicted molar refractivity (Wildman–Crippen MR) is 66.5 cm³/mol. The van der Waals surface area contributed by atoms with Crippen LogP contribution in [-0.4, -0.2) is 17.8 Å². The largest absolute Gasteiger partial charge is 0.497 e. The minimum absolute atomic E-state index is 0.237. The van der Waals surface area contributed by atoms with Gasteiger partial charge in [0.05, 0.1) is 13.2 Å². The van der Waals surface area contributed by atoms with Gasteiger partial charge in [0.25, 0.3) is 0 Å². The van der Waals surface area contributed by atoms with Crippen LogP contribution in [0, 0.1) is 0 Å². The minimum atomic E-state index is -0.440. The fourth-order valence-electron chi connectivity index (χ4n) is 2.43. The Bertz CT molecular complexity index is 396. The summed E-state index contributed by atoms with van der Waals surface area (Å²) in [5, 5.41) is 10.2. The average molecular weight is 236 g/mol. The highest BCUT2D eigenvalue weighted by Gasteiger charge is 2.37. The van der Waals surface area contributed by atoms with Crippen molar-refractivity contribution in [1.82, 2.24) is 0 Å². The number of ether oxygens (including phenoxy) is 2. The fraction of sp³-hybridized carbons (Fsp3) is 0.571. The van der Waals surface area contributed by atoms with Crippen LogP contribution in [0.5, 0.6) is 11.5 Å². The Morgan fingerprint density at radius 2 is 2.12 bits per heavy atom. The smallest absolute Gasteiger partial charge is 0.129 e. The molecule has 1 heterocycles. The van der Waals surface area contributed by atoms with E-state index in [-0.39, 0.29) is 5.60 Å². The van der Waals surface area contributed by atoms with E-state index in [1.807, 2.05) is 18.2 Å². The lowest BCUT2D eigenvalue weighted by Crippen LogP contribution is -2.39. The molecule has 3 nitrogen and oxygen atoms in total. The van der Waals surface area contributed by atoms with Crippen molar-refractivity contribution in [3.05, 3.63) is 23.8 Å². The normalized spacial score (nSPS) is 21.5. The maximum absolute atomic E-state index is 10.2. The molecule has 0 saturated heterocycles. The summed E-state index contributed by atoms with van der Waals surface area (Å²) in [7, 11) is 1.63. The van der Waals surface area contributed by atoms with Gasteiger partial charge in [0.15, 0.2) is 0 Å². The van der Waals surface area contributed by atoms with Crippen molar-refractivity contribution in [3.8, 4) is 11.5 Å². The summed E-state index contributed by atoms with van der Waals surface area (Å²) in [6.45, 7) is 4.20. The molecule has 0 radical (unpaired) electrons. The summed E-state index contributed by atoms with van der Waals surface area (Å²) in [4.78, 5) is 0. The standard InChI is InChI=1S/C14H20O3/c1-4-14(5-2)9-12(15)11-7-6-10(16-3)8-13(11)17-14/h6-8,12,15H,4-5,9H2,1-3H3/t12-/m0/s1. The van der Waals surface area contributed by atoms with Gasteiger partial charge in [0, 0.05) is 18.1 Å². The van der Waals surface area contributed by atoms with Crippen LogP contribution in [0.2, 0.25) is 0 Å². The van der Waals surface area contributed by atoms with Crippen molar-refractivity contribution in [2.24, 2.45) is 0 Å². The van der Waals surface area contributed by atoms with Gasteiger partial charge in [-0.25, -0.2) is 0 Å². The fourth-order valence-corrected chi connectivity index (χ4v) is 2.43. The number of fused-ring (bicyclic) bond motifs is 1. The Labute approximate surface area is 102 Å². The van der Waals surface area contributed by atoms with Gasteiger partial charge < -0.3 is 14.6 Å². The number of aliphatic hydroxyl groups excluding tert-OH is 1.